The van der Waals surface area contributed by atoms with E-state index in [2.05, 4.69) is 30.2 Å². The fraction of sp³-hybridized carbons (Fsp3) is 0.405. The summed E-state index contributed by atoms with van der Waals surface area (Å²) in [5.74, 6) is 0.816. The molecule has 4 N–H and O–H groups in total. The van der Waals surface area contributed by atoms with Crippen molar-refractivity contribution in [1.29, 1.82) is 0 Å². The number of hydrogen-bond donors (Lipinski definition) is 4. The monoisotopic (exact) mass is 806 g/mol. The third kappa shape index (κ3) is 8.69. The number of carbonyl (C=O) groups excluding carboxylic acids is 3. The summed E-state index contributed by atoms with van der Waals surface area (Å²) in [6.45, 7) is 2.77. The summed E-state index contributed by atoms with van der Waals surface area (Å²) in [6.07, 6.45) is 7.73. The third-order valence-electron chi connectivity index (χ3n) is 11.4. The molecule has 5 heterocycles. The Balaban J connectivity index is 1.01. The molecular formula is C42H50N10O7. The van der Waals surface area contributed by atoms with Crippen LogP contribution in [0.25, 0.3) is 33.6 Å². The van der Waals surface area contributed by atoms with Gasteiger partial charge in [0.1, 0.15) is 23.7 Å². The van der Waals surface area contributed by atoms with Crippen LogP contribution < -0.4 is 5.32 Å². The van der Waals surface area contributed by atoms with Gasteiger partial charge in [0.25, 0.3) is 0 Å². The molecule has 7 rings (SSSR count). The predicted octanol–water partition coefficient (Wildman–Crippen LogP) is 5.17. The lowest BCUT2D eigenvalue weighted by molar-refractivity contribution is -0.138. The number of carbonyl (C=O) groups is 4. The van der Waals surface area contributed by atoms with Gasteiger partial charge in [-0.3, -0.25) is 14.5 Å². The number of amides is 4. The normalized spacial score (nSPS) is 18.1. The van der Waals surface area contributed by atoms with Gasteiger partial charge in [0.05, 0.1) is 61.1 Å². The highest BCUT2D eigenvalue weighted by Crippen LogP contribution is 2.35. The Bertz CT molecular complexity index is 2270. The first-order valence-corrected chi connectivity index (χ1v) is 19.7. The molecule has 0 radical (unpaired) electrons. The third-order valence-corrected chi connectivity index (χ3v) is 11.4. The standard InChI is InChI=1S/C42H50N10O7/c1-25(58-4)36(48-41(55)59-5)40(54)52-19-7-9-34(52)38-44-22-32(47-38)29-16-12-27(13-17-29)26-10-14-28(15-11-26)31-21-43-37(46-31)33-8-6-18-51(33)39(53)35(50(3)42(56)57)20-30-23-49(2)24-45-30/h10-17,21-25,33-36H,6-9,18-20H2,1-5H3,(H,43,46)(H,44,47)(H,48,55)(H,56,57)/t25-,33+,34+,35+,36+/m1/s1. The van der Waals surface area contributed by atoms with Crippen LogP contribution in [0.3, 0.4) is 0 Å². The quantitative estimate of drug-likeness (QED) is 0.123. The van der Waals surface area contributed by atoms with Crippen molar-refractivity contribution in [2.45, 2.75) is 69.3 Å². The van der Waals surface area contributed by atoms with Gasteiger partial charge in [0.2, 0.25) is 11.8 Å². The van der Waals surface area contributed by atoms with E-state index in [4.69, 9.17) is 9.47 Å². The Hall–Kier alpha value is -6.49. The first kappa shape index (κ1) is 40.7. The number of likely N-dealkylation sites (tertiary alicyclic amines) is 2. The van der Waals surface area contributed by atoms with Crippen LogP contribution in [-0.4, -0.2) is 126 Å². The maximum absolute atomic E-state index is 13.9. The molecule has 2 aromatic carbocycles. The zero-order valence-corrected chi connectivity index (χ0v) is 33.8. The zero-order valence-electron chi connectivity index (χ0n) is 33.8. The smallest absolute Gasteiger partial charge is 0.407 e. The summed E-state index contributed by atoms with van der Waals surface area (Å²) in [6, 6.07) is 13.9. The van der Waals surface area contributed by atoms with E-state index in [0.717, 1.165) is 57.8 Å². The first-order chi connectivity index (χ1) is 28.4. The molecule has 0 saturated carbocycles. The molecule has 2 aliphatic rings. The van der Waals surface area contributed by atoms with E-state index in [1.807, 2.05) is 55.6 Å². The number of carboxylic acid groups (broad SMARTS) is 1. The van der Waals surface area contributed by atoms with Crippen LogP contribution in [0.4, 0.5) is 9.59 Å². The zero-order chi connectivity index (χ0) is 41.8. The molecule has 4 amide bonds. The minimum absolute atomic E-state index is 0.173. The summed E-state index contributed by atoms with van der Waals surface area (Å²) >= 11 is 0. The number of alkyl carbamates (subject to hydrolysis) is 1. The molecule has 5 atom stereocenters. The molecule has 5 aromatic rings. The van der Waals surface area contributed by atoms with Crippen LogP contribution in [0.2, 0.25) is 0 Å². The molecule has 0 bridgehead atoms. The van der Waals surface area contributed by atoms with Crippen LogP contribution in [0.15, 0.2) is 73.4 Å². The number of ether oxygens (including phenoxy) is 2. The van der Waals surface area contributed by atoms with Gasteiger partial charge in [-0.05, 0) is 54.9 Å². The fourth-order valence-electron chi connectivity index (χ4n) is 7.98. The van der Waals surface area contributed by atoms with Crippen molar-refractivity contribution in [2.75, 3.05) is 34.4 Å². The lowest BCUT2D eigenvalue weighted by Gasteiger charge is -2.31. The van der Waals surface area contributed by atoms with Gasteiger partial charge in [-0.25, -0.2) is 24.5 Å². The molecule has 2 fully saturated rings. The molecule has 2 aliphatic heterocycles. The summed E-state index contributed by atoms with van der Waals surface area (Å²) in [5.41, 5.74) is 6.22. The Morgan fingerprint density at radius 2 is 1.34 bits per heavy atom. The van der Waals surface area contributed by atoms with Gasteiger partial charge in [0, 0.05) is 46.9 Å². The van der Waals surface area contributed by atoms with E-state index >= 15 is 0 Å². The SMILES string of the molecule is COC(=O)N[C@H](C(=O)N1CCC[C@H]1c1ncc(-c2ccc(-c3ccc(-c4cnc([C@@H]5CCCN5C(=O)[C@H](Cc5cn(C)cn5)N(C)C(=O)O)[nH]4)cc3)cc2)[nH]1)[C@@H](C)OC. The molecule has 3 aromatic heterocycles. The van der Waals surface area contributed by atoms with Crippen LogP contribution in [0, 0.1) is 0 Å². The molecule has 2 saturated heterocycles. The topological polar surface area (TPSA) is 204 Å². The Morgan fingerprint density at radius 1 is 0.831 bits per heavy atom. The number of methoxy groups -OCH3 is 2. The fourth-order valence-corrected chi connectivity index (χ4v) is 7.98. The lowest BCUT2D eigenvalue weighted by Crippen LogP contribution is -2.54. The highest BCUT2D eigenvalue weighted by Gasteiger charge is 2.40. The van der Waals surface area contributed by atoms with Gasteiger partial charge in [-0.2, -0.15) is 0 Å². The lowest BCUT2D eigenvalue weighted by atomic mass is 10.0. The first-order valence-electron chi connectivity index (χ1n) is 19.7. The number of hydrogen-bond acceptors (Lipinski definition) is 9. The van der Waals surface area contributed by atoms with Crippen molar-refractivity contribution in [3.8, 4) is 33.6 Å². The van der Waals surface area contributed by atoms with Crippen molar-refractivity contribution in [1.82, 2.24) is 49.5 Å². The number of benzene rings is 2. The summed E-state index contributed by atoms with van der Waals surface area (Å²) < 4.78 is 11.9. The molecule has 17 heteroatoms. The van der Waals surface area contributed by atoms with Gasteiger partial charge in [0.15, 0.2) is 0 Å². The molecule has 0 aliphatic carbocycles. The molecule has 59 heavy (non-hydrogen) atoms. The van der Waals surface area contributed by atoms with E-state index in [0.29, 0.717) is 36.9 Å². The van der Waals surface area contributed by atoms with Crippen LogP contribution in [-0.2, 0) is 32.5 Å². The van der Waals surface area contributed by atoms with Crippen molar-refractivity contribution < 1.29 is 33.8 Å². The molecule has 17 nitrogen and oxygen atoms in total. The van der Waals surface area contributed by atoms with E-state index in [-0.39, 0.29) is 30.3 Å². The number of likely N-dealkylation sites (N-methyl/N-ethyl adjacent to an activating group) is 1. The van der Waals surface area contributed by atoms with Gasteiger partial charge in [-0.1, -0.05) is 48.5 Å². The maximum atomic E-state index is 13.9. The second-order valence-electron chi connectivity index (χ2n) is 15.1. The minimum Gasteiger partial charge on any atom is -0.465 e. The summed E-state index contributed by atoms with van der Waals surface area (Å²) in [4.78, 5) is 76.6. The molecule has 0 spiro atoms. The molecular weight excluding hydrogens is 757 g/mol. The maximum Gasteiger partial charge on any atom is 0.407 e. The predicted molar refractivity (Wildman–Crippen MR) is 217 cm³/mol. The van der Waals surface area contributed by atoms with Crippen LogP contribution >= 0.6 is 0 Å². The van der Waals surface area contributed by atoms with Gasteiger partial charge >= 0.3 is 12.2 Å². The number of nitrogens with zero attached hydrogens (tertiary/aromatic N) is 7. The molecule has 310 valence electrons. The second kappa shape index (κ2) is 17.6. The second-order valence-corrected chi connectivity index (χ2v) is 15.1. The highest BCUT2D eigenvalue weighted by molar-refractivity contribution is 5.87. The minimum atomic E-state index is -1.18. The number of nitrogens with one attached hydrogen (secondary N) is 3. The van der Waals surface area contributed by atoms with Crippen LogP contribution in [0.1, 0.15) is 62.0 Å². The van der Waals surface area contributed by atoms with Gasteiger partial charge in [-0.15, -0.1) is 0 Å². The van der Waals surface area contributed by atoms with Crippen molar-refractivity contribution >= 4 is 24.0 Å². The Morgan fingerprint density at radius 3 is 1.80 bits per heavy atom. The van der Waals surface area contributed by atoms with E-state index < -0.39 is 30.4 Å². The summed E-state index contributed by atoms with van der Waals surface area (Å²) in [5, 5.41) is 12.4. The number of rotatable bonds is 13. The highest BCUT2D eigenvalue weighted by atomic mass is 16.5. The average molecular weight is 807 g/mol. The number of imidazole rings is 3. The number of H-pyrrole nitrogens is 2. The van der Waals surface area contributed by atoms with E-state index in [1.165, 1.54) is 21.3 Å². The van der Waals surface area contributed by atoms with Crippen molar-refractivity contribution in [2.24, 2.45) is 7.05 Å². The van der Waals surface area contributed by atoms with E-state index in [9.17, 15) is 24.3 Å². The summed E-state index contributed by atoms with van der Waals surface area (Å²) in [7, 11) is 6.00. The van der Waals surface area contributed by atoms with Gasteiger partial charge < -0.3 is 44.2 Å². The van der Waals surface area contributed by atoms with Crippen LogP contribution in [0.5, 0.6) is 0 Å². The van der Waals surface area contributed by atoms with Crippen molar-refractivity contribution in [3.05, 3.63) is 90.8 Å². The largest absolute Gasteiger partial charge is 0.465 e. The Kier molecular flexibility index (Phi) is 12.1. The Labute approximate surface area is 341 Å². The number of aryl methyl sites for hydroxylation is 1. The average Bonchev–Trinajstić information content (AvgIpc) is 4.11. The van der Waals surface area contributed by atoms with Crippen molar-refractivity contribution in [3.63, 3.8) is 0 Å². The number of aromatic amines is 2. The number of aromatic nitrogens is 6. The molecule has 0 unspecified atom stereocenters. The van der Waals surface area contributed by atoms with E-state index in [1.54, 1.807) is 46.2 Å².